The highest BCUT2D eigenvalue weighted by Gasteiger charge is 2.26. The summed E-state index contributed by atoms with van der Waals surface area (Å²) in [5, 5.41) is 2.95. The van der Waals surface area contributed by atoms with Gasteiger partial charge in [0.25, 0.3) is 0 Å². The highest BCUT2D eigenvalue weighted by atomic mass is 16.5. The Hall–Kier alpha value is -1.91. The molecule has 1 fully saturated rings. The smallest absolute Gasteiger partial charge is 0.322 e. The molecule has 1 aromatic rings. The van der Waals surface area contributed by atoms with Gasteiger partial charge in [-0.15, -0.1) is 0 Å². The summed E-state index contributed by atoms with van der Waals surface area (Å²) in [6.45, 7) is 2.93. The van der Waals surface area contributed by atoms with Crippen LogP contribution in [0.25, 0.3) is 0 Å². The molecule has 1 N–H and O–H groups in total. The van der Waals surface area contributed by atoms with Gasteiger partial charge in [0.15, 0.2) is 0 Å². The second-order valence-electron chi connectivity index (χ2n) is 5.22. The number of piperidine rings is 1. The lowest BCUT2D eigenvalue weighted by molar-refractivity contribution is 0.160. The van der Waals surface area contributed by atoms with Crippen LogP contribution in [0.3, 0.4) is 0 Å². The van der Waals surface area contributed by atoms with Crippen molar-refractivity contribution in [1.82, 2.24) is 4.90 Å². The minimum atomic E-state index is -0.0793. The number of carbonyl (C=O) groups is 1. The van der Waals surface area contributed by atoms with Crippen LogP contribution < -0.4 is 14.8 Å². The number of hydrogen-bond acceptors (Lipinski definition) is 3. The normalized spacial score (nSPS) is 18.2. The number of ether oxygens (including phenoxy) is 2. The molecule has 0 aliphatic carbocycles. The molecule has 1 aliphatic heterocycles. The van der Waals surface area contributed by atoms with Gasteiger partial charge in [-0.05, 0) is 37.8 Å². The van der Waals surface area contributed by atoms with E-state index in [0.29, 0.717) is 23.2 Å². The number of amides is 2. The van der Waals surface area contributed by atoms with E-state index in [1.54, 1.807) is 14.2 Å². The van der Waals surface area contributed by atoms with E-state index in [2.05, 4.69) is 12.2 Å². The third kappa shape index (κ3) is 3.40. The van der Waals surface area contributed by atoms with Gasteiger partial charge >= 0.3 is 6.03 Å². The van der Waals surface area contributed by atoms with Crippen molar-refractivity contribution in [1.29, 1.82) is 0 Å². The molecule has 0 spiro atoms. The predicted molar refractivity (Wildman–Crippen MR) is 83.2 cm³/mol. The fourth-order valence-corrected chi connectivity index (χ4v) is 2.85. The minimum absolute atomic E-state index is 0.0793. The molecule has 2 rings (SSSR count). The summed E-state index contributed by atoms with van der Waals surface area (Å²) >= 11 is 0. The third-order valence-electron chi connectivity index (χ3n) is 4.02. The summed E-state index contributed by atoms with van der Waals surface area (Å²) in [5.41, 5.74) is 0.591. The zero-order chi connectivity index (χ0) is 15.2. The fourth-order valence-electron chi connectivity index (χ4n) is 2.85. The van der Waals surface area contributed by atoms with Crippen molar-refractivity contribution >= 4 is 11.7 Å². The topological polar surface area (TPSA) is 50.8 Å². The SMILES string of the molecule is CCC1CCCCN1C(=O)Nc1c(OC)cccc1OC. The van der Waals surface area contributed by atoms with Crippen molar-refractivity contribution in [3.8, 4) is 11.5 Å². The molecule has 5 nitrogen and oxygen atoms in total. The molecule has 1 aromatic carbocycles. The molecule has 116 valence electrons. The molecular formula is C16H24N2O3. The lowest BCUT2D eigenvalue weighted by atomic mass is 10.0. The molecule has 5 heteroatoms. The number of rotatable bonds is 4. The van der Waals surface area contributed by atoms with E-state index in [9.17, 15) is 4.79 Å². The van der Waals surface area contributed by atoms with E-state index < -0.39 is 0 Å². The minimum Gasteiger partial charge on any atom is -0.494 e. The second kappa shape index (κ2) is 7.20. The molecule has 0 aromatic heterocycles. The van der Waals surface area contributed by atoms with Crippen LogP contribution >= 0.6 is 0 Å². The van der Waals surface area contributed by atoms with E-state index in [-0.39, 0.29) is 6.03 Å². The molecular weight excluding hydrogens is 268 g/mol. The molecule has 1 saturated heterocycles. The fraction of sp³-hybridized carbons (Fsp3) is 0.562. The van der Waals surface area contributed by atoms with E-state index in [1.807, 2.05) is 23.1 Å². The number of anilines is 1. The van der Waals surface area contributed by atoms with Crippen molar-refractivity contribution in [2.75, 3.05) is 26.1 Å². The second-order valence-corrected chi connectivity index (χ2v) is 5.22. The lowest BCUT2D eigenvalue weighted by Gasteiger charge is -2.35. The average molecular weight is 292 g/mol. The van der Waals surface area contributed by atoms with Crippen LogP contribution in [-0.2, 0) is 0 Å². The molecule has 1 unspecified atom stereocenters. The Kier molecular flexibility index (Phi) is 5.31. The molecule has 21 heavy (non-hydrogen) atoms. The van der Waals surface area contributed by atoms with Crippen LogP contribution in [0.1, 0.15) is 32.6 Å². The van der Waals surface area contributed by atoms with Crippen molar-refractivity contribution < 1.29 is 14.3 Å². The van der Waals surface area contributed by atoms with Gasteiger partial charge in [0.2, 0.25) is 0 Å². The number of methoxy groups -OCH3 is 2. The number of nitrogens with zero attached hydrogens (tertiary/aromatic N) is 1. The summed E-state index contributed by atoms with van der Waals surface area (Å²) < 4.78 is 10.6. The highest BCUT2D eigenvalue weighted by molar-refractivity contribution is 5.93. The number of benzene rings is 1. The summed E-state index contributed by atoms with van der Waals surface area (Å²) in [6.07, 6.45) is 4.32. The van der Waals surface area contributed by atoms with E-state index >= 15 is 0 Å². The standard InChI is InChI=1S/C16H24N2O3/c1-4-12-8-5-6-11-18(12)16(19)17-15-13(20-2)9-7-10-14(15)21-3/h7,9-10,12H,4-6,8,11H2,1-3H3,(H,17,19). The first-order valence-corrected chi connectivity index (χ1v) is 7.49. The van der Waals surface area contributed by atoms with Crippen molar-refractivity contribution in [2.45, 2.75) is 38.6 Å². The Balaban J connectivity index is 2.18. The van der Waals surface area contributed by atoms with Gasteiger partial charge in [-0.3, -0.25) is 0 Å². The predicted octanol–water partition coefficient (Wildman–Crippen LogP) is 3.50. The van der Waals surface area contributed by atoms with Crippen LogP contribution in [0.4, 0.5) is 10.5 Å². The first-order chi connectivity index (χ1) is 10.2. The lowest BCUT2D eigenvalue weighted by Crippen LogP contribution is -2.45. The van der Waals surface area contributed by atoms with Gasteiger partial charge in [0, 0.05) is 12.6 Å². The maximum atomic E-state index is 12.6. The number of urea groups is 1. The average Bonchev–Trinajstić information content (AvgIpc) is 2.54. The Bertz CT molecular complexity index is 468. The van der Waals surface area contributed by atoms with E-state index in [1.165, 1.54) is 6.42 Å². The third-order valence-corrected chi connectivity index (χ3v) is 4.02. The summed E-state index contributed by atoms with van der Waals surface area (Å²) in [5.74, 6) is 1.21. The maximum Gasteiger partial charge on any atom is 0.322 e. The number of nitrogens with one attached hydrogen (secondary N) is 1. The van der Waals surface area contributed by atoms with Gasteiger partial charge < -0.3 is 19.7 Å². The maximum absolute atomic E-state index is 12.6. The molecule has 1 heterocycles. The van der Waals surface area contributed by atoms with Crippen LogP contribution in [0, 0.1) is 0 Å². The number of para-hydroxylation sites is 1. The largest absolute Gasteiger partial charge is 0.494 e. The Morgan fingerprint density at radius 1 is 1.29 bits per heavy atom. The summed E-state index contributed by atoms with van der Waals surface area (Å²) in [7, 11) is 3.17. The van der Waals surface area contributed by atoms with Gasteiger partial charge in [0.1, 0.15) is 17.2 Å². The van der Waals surface area contributed by atoms with E-state index in [0.717, 1.165) is 25.8 Å². The van der Waals surface area contributed by atoms with Crippen LogP contribution in [0.15, 0.2) is 18.2 Å². The molecule has 1 aliphatic rings. The summed E-state index contributed by atoms with van der Waals surface area (Å²) in [6, 6.07) is 5.70. The van der Waals surface area contributed by atoms with Crippen LogP contribution in [-0.4, -0.2) is 37.7 Å². The van der Waals surface area contributed by atoms with Crippen molar-refractivity contribution in [2.24, 2.45) is 0 Å². The van der Waals surface area contributed by atoms with Crippen LogP contribution in [0.2, 0.25) is 0 Å². The number of carbonyl (C=O) groups excluding carboxylic acids is 1. The van der Waals surface area contributed by atoms with Crippen molar-refractivity contribution in [3.63, 3.8) is 0 Å². The van der Waals surface area contributed by atoms with Gasteiger partial charge in [-0.1, -0.05) is 13.0 Å². The van der Waals surface area contributed by atoms with E-state index in [4.69, 9.17) is 9.47 Å². The first-order valence-electron chi connectivity index (χ1n) is 7.49. The Morgan fingerprint density at radius 2 is 1.95 bits per heavy atom. The molecule has 1 atom stereocenters. The molecule has 0 bridgehead atoms. The quantitative estimate of drug-likeness (QED) is 0.924. The molecule has 0 radical (unpaired) electrons. The number of likely N-dealkylation sites (tertiary alicyclic amines) is 1. The monoisotopic (exact) mass is 292 g/mol. The zero-order valence-corrected chi connectivity index (χ0v) is 13.0. The van der Waals surface area contributed by atoms with Gasteiger partial charge in [-0.25, -0.2) is 4.79 Å². The Morgan fingerprint density at radius 3 is 2.52 bits per heavy atom. The van der Waals surface area contributed by atoms with Gasteiger partial charge in [-0.2, -0.15) is 0 Å². The molecule has 2 amide bonds. The highest BCUT2D eigenvalue weighted by Crippen LogP contribution is 2.34. The Labute approximate surface area is 126 Å². The zero-order valence-electron chi connectivity index (χ0n) is 13.0. The summed E-state index contributed by atoms with van der Waals surface area (Å²) in [4.78, 5) is 14.5. The van der Waals surface area contributed by atoms with Gasteiger partial charge in [0.05, 0.1) is 14.2 Å². The molecule has 0 saturated carbocycles. The van der Waals surface area contributed by atoms with Crippen molar-refractivity contribution in [3.05, 3.63) is 18.2 Å². The first kappa shape index (κ1) is 15.5. The van der Waals surface area contributed by atoms with Crippen LogP contribution in [0.5, 0.6) is 11.5 Å². The number of hydrogen-bond donors (Lipinski definition) is 1.